The van der Waals surface area contributed by atoms with E-state index in [0.29, 0.717) is 11.3 Å². The maximum absolute atomic E-state index is 12.9. The van der Waals surface area contributed by atoms with Crippen molar-refractivity contribution in [2.75, 3.05) is 6.61 Å². The molecule has 0 saturated carbocycles. The predicted octanol–water partition coefficient (Wildman–Crippen LogP) is -2.22. The van der Waals surface area contributed by atoms with Crippen molar-refractivity contribution in [3.63, 3.8) is 0 Å². The molecule has 13 heteroatoms. The predicted molar refractivity (Wildman–Crippen MR) is 118 cm³/mol. The molecule has 2 aromatic rings. The Hall–Kier alpha value is -3.97. The summed E-state index contributed by atoms with van der Waals surface area (Å²) in [6, 6.07) is 1.37. The maximum Gasteiger partial charge on any atom is 0.328 e. The van der Waals surface area contributed by atoms with Gasteiger partial charge < -0.3 is 42.0 Å². The van der Waals surface area contributed by atoms with Crippen LogP contribution in [0.2, 0.25) is 0 Å². The highest BCUT2D eigenvalue weighted by atomic mass is 16.4. The Morgan fingerprint density at radius 3 is 2.21 bits per heavy atom. The fraction of sp³-hybridized carbons (Fsp3) is 0.381. The molecule has 0 fully saturated rings. The molecule has 0 aliphatic heterocycles. The fourth-order valence-electron chi connectivity index (χ4n) is 2.94. The molecule has 9 N–H and O–H groups in total. The number of carbonyl (C=O) groups excluding carboxylic acids is 3. The maximum atomic E-state index is 12.9. The van der Waals surface area contributed by atoms with Gasteiger partial charge in [-0.3, -0.25) is 14.4 Å². The van der Waals surface area contributed by atoms with Crippen LogP contribution in [0.3, 0.4) is 0 Å². The first-order chi connectivity index (χ1) is 16.1. The summed E-state index contributed by atoms with van der Waals surface area (Å²) in [4.78, 5) is 55.4. The van der Waals surface area contributed by atoms with Gasteiger partial charge in [0.15, 0.2) is 0 Å². The normalized spacial score (nSPS) is 14.3. The molecule has 4 unspecified atom stereocenters. The number of imidazole rings is 1. The van der Waals surface area contributed by atoms with Gasteiger partial charge in [0.1, 0.15) is 23.9 Å². The number of aromatic amines is 1. The summed E-state index contributed by atoms with van der Waals surface area (Å²) in [7, 11) is 0. The second kappa shape index (κ2) is 12.3. The minimum absolute atomic E-state index is 0.0201. The number of carboxylic acid groups (broad SMARTS) is 1. The van der Waals surface area contributed by atoms with Crippen molar-refractivity contribution in [1.82, 2.24) is 25.9 Å². The molecule has 4 atom stereocenters. The van der Waals surface area contributed by atoms with Crippen LogP contribution in [0, 0.1) is 0 Å². The van der Waals surface area contributed by atoms with Crippen molar-refractivity contribution in [1.29, 1.82) is 0 Å². The summed E-state index contributed by atoms with van der Waals surface area (Å²) in [6.45, 7) is 0.508. The van der Waals surface area contributed by atoms with E-state index in [9.17, 15) is 24.3 Å². The van der Waals surface area contributed by atoms with Crippen LogP contribution in [0.1, 0.15) is 18.2 Å². The van der Waals surface area contributed by atoms with Gasteiger partial charge in [0.05, 0.1) is 19.0 Å². The Morgan fingerprint density at radius 2 is 1.65 bits per heavy atom. The lowest BCUT2D eigenvalue weighted by atomic mass is 10.0. The van der Waals surface area contributed by atoms with Crippen LogP contribution < -0.4 is 21.7 Å². The third-order valence-corrected chi connectivity index (χ3v) is 4.89. The van der Waals surface area contributed by atoms with Gasteiger partial charge in [-0.15, -0.1) is 0 Å². The molecule has 34 heavy (non-hydrogen) atoms. The van der Waals surface area contributed by atoms with E-state index in [1.807, 2.05) is 0 Å². The van der Waals surface area contributed by atoms with Crippen molar-refractivity contribution >= 4 is 23.7 Å². The number of rotatable bonds is 12. The molecule has 0 bridgehead atoms. The zero-order valence-corrected chi connectivity index (χ0v) is 18.4. The van der Waals surface area contributed by atoms with E-state index in [2.05, 4.69) is 25.9 Å². The number of aromatic nitrogens is 2. The Balaban J connectivity index is 2.05. The number of aliphatic hydroxyl groups excluding tert-OH is 1. The van der Waals surface area contributed by atoms with Crippen LogP contribution in [0.4, 0.5) is 0 Å². The van der Waals surface area contributed by atoms with E-state index >= 15 is 0 Å². The third-order valence-electron chi connectivity index (χ3n) is 4.89. The topological polar surface area (TPSA) is 220 Å². The largest absolute Gasteiger partial charge is 0.508 e. The van der Waals surface area contributed by atoms with Gasteiger partial charge in [0.2, 0.25) is 17.7 Å². The van der Waals surface area contributed by atoms with Gasteiger partial charge in [0, 0.05) is 18.3 Å². The minimum Gasteiger partial charge on any atom is -0.508 e. The summed E-state index contributed by atoms with van der Waals surface area (Å²) < 4.78 is 0. The molecular weight excluding hydrogens is 448 g/mol. The molecule has 0 spiro atoms. The highest BCUT2D eigenvalue weighted by molar-refractivity contribution is 5.94. The molecule has 1 heterocycles. The highest BCUT2D eigenvalue weighted by Crippen LogP contribution is 2.11. The number of nitrogens with one attached hydrogen (secondary N) is 4. The van der Waals surface area contributed by atoms with E-state index in [1.165, 1.54) is 31.6 Å². The number of nitrogens with zero attached hydrogens (tertiary/aromatic N) is 1. The standard InChI is InChI=1S/C21H28N6O7/c1-11(18(30)27-17(9-28)21(33)34)25-20(32)16(7-13-8-23-10-24-13)26-19(31)15(22)6-12-2-4-14(29)5-3-12/h2-5,8,10-11,15-17,28-29H,6-7,9,22H2,1H3,(H,23,24)(H,25,32)(H,26,31)(H,27,30)(H,33,34). The molecule has 0 aliphatic carbocycles. The molecule has 13 nitrogen and oxygen atoms in total. The van der Waals surface area contributed by atoms with E-state index in [0.717, 1.165) is 0 Å². The average Bonchev–Trinajstić information content (AvgIpc) is 3.31. The van der Waals surface area contributed by atoms with Crippen LogP contribution in [-0.2, 0) is 32.0 Å². The number of phenols is 1. The van der Waals surface area contributed by atoms with Crippen LogP contribution in [-0.4, -0.2) is 79.8 Å². The number of benzene rings is 1. The number of carbonyl (C=O) groups is 4. The second-order valence-corrected chi connectivity index (χ2v) is 7.63. The number of amides is 3. The van der Waals surface area contributed by atoms with Gasteiger partial charge in [-0.1, -0.05) is 12.1 Å². The van der Waals surface area contributed by atoms with Gasteiger partial charge in [-0.2, -0.15) is 0 Å². The van der Waals surface area contributed by atoms with E-state index in [-0.39, 0.29) is 18.6 Å². The van der Waals surface area contributed by atoms with Crippen molar-refractivity contribution in [3.8, 4) is 5.75 Å². The number of aromatic hydroxyl groups is 1. The van der Waals surface area contributed by atoms with Crippen molar-refractivity contribution in [2.24, 2.45) is 5.73 Å². The fourth-order valence-corrected chi connectivity index (χ4v) is 2.94. The first-order valence-corrected chi connectivity index (χ1v) is 10.4. The van der Waals surface area contributed by atoms with E-state index in [4.69, 9.17) is 15.9 Å². The smallest absolute Gasteiger partial charge is 0.328 e. The minimum atomic E-state index is -1.52. The summed E-state index contributed by atoms with van der Waals surface area (Å²) >= 11 is 0. The lowest BCUT2D eigenvalue weighted by Crippen LogP contribution is -2.57. The Kier molecular flexibility index (Phi) is 9.52. The van der Waals surface area contributed by atoms with E-state index in [1.54, 1.807) is 12.1 Å². The summed E-state index contributed by atoms with van der Waals surface area (Å²) in [5.41, 5.74) is 7.23. The number of nitrogens with two attached hydrogens (primary N) is 1. The van der Waals surface area contributed by atoms with Gasteiger partial charge in [-0.25, -0.2) is 9.78 Å². The zero-order chi connectivity index (χ0) is 25.3. The molecule has 1 aromatic heterocycles. The molecule has 184 valence electrons. The van der Waals surface area contributed by atoms with Gasteiger partial charge >= 0.3 is 5.97 Å². The quantitative estimate of drug-likeness (QED) is 0.166. The number of phenolic OH excluding ortho intramolecular Hbond substituents is 1. The molecule has 1 aromatic carbocycles. The number of H-pyrrole nitrogens is 1. The zero-order valence-electron chi connectivity index (χ0n) is 18.4. The summed E-state index contributed by atoms with van der Waals surface area (Å²) in [6.07, 6.45) is 3.05. The first-order valence-electron chi connectivity index (χ1n) is 10.4. The summed E-state index contributed by atoms with van der Waals surface area (Å²) in [5, 5.41) is 34.4. The molecule has 0 radical (unpaired) electrons. The van der Waals surface area contributed by atoms with E-state index < -0.39 is 54.5 Å². The van der Waals surface area contributed by atoms with Gasteiger partial charge in [0.25, 0.3) is 0 Å². The number of hydrogen-bond acceptors (Lipinski definition) is 8. The average molecular weight is 476 g/mol. The van der Waals surface area contributed by atoms with Crippen LogP contribution >= 0.6 is 0 Å². The monoisotopic (exact) mass is 476 g/mol. The molecule has 0 aliphatic rings. The van der Waals surface area contributed by atoms with Crippen molar-refractivity contribution in [2.45, 2.75) is 43.9 Å². The summed E-state index contributed by atoms with van der Waals surface area (Å²) in [5.74, 6) is -3.51. The highest BCUT2D eigenvalue weighted by Gasteiger charge is 2.28. The lowest BCUT2D eigenvalue weighted by molar-refractivity contribution is -0.143. The SMILES string of the molecule is CC(NC(=O)C(Cc1cnc[nH]1)NC(=O)C(N)Cc1ccc(O)cc1)C(=O)NC(CO)C(=O)O. The lowest BCUT2D eigenvalue weighted by Gasteiger charge is -2.23. The number of aliphatic hydroxyl groups is 1. The number of aliphatic carboxylic acids is 1. The molecule has 0 saturated heterocycles. The second-order valence-electron chi connectivity index (χ2n) is 7.63. The number of hydrogen-bond donors (Lipinski definition) is 8. The first kappa shape index (κ1) is 26.3. The Morgan fingerprint density at radius 1 is 1.00 bits per heavy atom. The van der Waals surface area contributed by atoms with Gasteiger partial charge in [-0.05, 0) is 31.0 Å². The number of carboxylic acids is 1. The Bertz CT molecular complexity index is 980. The molecular formula is C21H28N6O7. The van der Waals surface area contributed by atoms with Crippen molar-refractivity contribution < 1.29 is 34.5 Å². The Labute approximate surface area is 194 Å². The van der Waals surface area contributed by atoms with Crippen LogP contribution in [0.5, 0.6) is 5.75 Å². The van der Waals surface area contributed by atoms with Crippen LogP contribution in [0.25, 0.3) is 0 Å². The van der Waals surface area contributed by atoms with Crippen molar-refractivity contribution in [3.05, 3.63) is 48.0 Å². The van der Waals surface area contributed by atoms with Crippen LogP contribution in [0.15, 0.2) is 36.8 Å². The molecule has 2 rings (SSSR count). The molecule has 3 amide bonds. The third kappa shape index (κ3) is 7.86.